The van der Waals surface area contributed by atoms with Crippen molar-refractivity contribution < 1.29 is 14.6 Å². The van der Waals surface area contributed by atoms with Crippen molar-refractivity contribution in [2.75, 3.05) is 45.9 Å². The monoisotopic (exact) mass is 358 g/mol. The van der Waals surface area contributed by atoms with Crippen molar-refractivity contribution in [3.05, 3.63) is 47.5 Å². The Bertz CT molecular complexity index is 625. The van der Waals surface area contributed by atoms with Crippen molar-refractivity contribution in [1.82, 2.24) is 9.80 Å². The number of carbonyl (C=O) groups is 1. The number of aryl methyl sites for hydroxylation is 1. The predicted octanol–water partition coefficient (Wildman–Crippen LogP) is 1.64. The van der Waals surface area contributed by atoms with Gasteiger partial charge in [0.1, 0.15) is 0 Å². The second-order valence-corrected chi connectivity index (χ2v) is 7.41. The molecule has 2 aliphatic rings. The number of hydrogen-bond donors (Lipinski definition) is 1. The first kappa shape index (κ1) is 19.1. The van der Waals surface area contributed by atoms with E-state index in [1.165, 1.54) is 11.1 Å². The Morgan fingerprint density at radius 2 is 2.12 bits per heavy atom. The zero-order chi connectivity index (χ0) is 18.4. The lowest BCUT2D eigenvalue weighted by molar-refractivity contribution is -0.130. The maximum Gasteiger partial charge on any atom is 0.246 e. The molecule has 2 aliphatic heterocycles. The number of amides is 1. The molecule has 5 heteroatoms. The van der Waals surface area contributed by atoms with E-state index in [2.05, 4.69) is 36.1 Å². The van der Waals surface area contributed by atoms with Gasteiger partial charge in [-0.3, -0.25) is 9.69 Å². The van der Waals surface area contributed by atoms with Gasteiger partial charge in [0.2, 0.25) is 5.91 Å². The van der Waals surface area contributed by atoms with Crippen LogP contribution in [0.25, 0.3) is 0 Å². The molecule has 2 saturated heterocycles. The molecule has 1 N–H and O–H groups in total. The molecule has 26 heavy (non-hydrogen) atoms. The molecular formula is C21H30N2O3. The van der Waals surface area contributed by atoms with Crippen LogP contribution in [0, 0.1) is 12.8 Å². The van der Waals surface area contributed by atoms with Gasteiger partial charge < -0.3 is 14.7 Å². The largest absolute Gasteiger partial charge is 0.391 e. The Morgan fingerprint density at radius 3 is 2.85 bits per heavy atom. The predicted molar refractivity (Wildman–Crippen MR) is 102 cm³/mol. The van der Waals surface area contributed by atoms with Crippen molar-refractivity contribution in [1.29, 1.82) is 0 Å². The van der Waals surface area contributed by atoms with Crippen molar-refractivity contribution in [2.45, 2.75) is 25.9 Å². The lowest BCUT2D eigenvalue weighted by atomic mass is 9.87. The number of aliphatic hydroxyl groups is 1. The average molecular weight is 358 g/mol. The fourth-order valence-corrected chi connectivity index (χ4v) is 3.75. The molecule has 5 nitrogen and oxygen atoms in total. The summed E-state index contributed by atoms with van der Waals surface area (Å²) in [7, 11) is 0. The van der Waals surface area contributed by atoms with E-state index in [0.29, 0.717) is 13.1 Å². The van der Waals surface area contributed by atoms with E-state index >= 15 is 0 Å². The molecule has 0 saturated carbocycles. The van der Waals surface area contributed by atoms with Crippen LogP contribution in [-0.2, 0) is 16.0 Å². The molecule has 0 aliphatic carbocycles. The molecule has 0 radical (unpaired) electrons. The highest BCUT2D eigenvalue weighted by Crippen LogP contribution is 2.23. The van der Waals surface area contributed by atoms with Crippen molar-refractivity contribution in [3.63, 3.8) is 0 Å². The number of hydrogen-bond acceptors (Lipinski definition) is 4. The third-order valence-corrected chi connectivity index (χ3v) is 5.34. The van der Waals surface area contributed by atoms with Crippen LogP contribution < -0.4 is 0 Å². The number of benzene rings is 1. The summed E-state index contributed by atoms with van der Waals surface area (Å²) in [6.45, 7) is 7.38. The third-order valence-electron chi connectivity index (χ3n) is 5.34. The lowest BCUT2D eigenvalue weighted by Crippen LogP contribution is -2.46. The van der Waals surface area contributed by atoms with Gasteiger partial charge in [0.25, 0.3) is 0 Å². The van der Waals surface area contributed by atoms with E-state index in [9.17, 15) is 9.90 Å². The van der Waals surface area contributed by atoms with Gasteiger partial charge in [-0.15, -0.1) is 0 Å². The highest BCUT2D eigenvalue weighted by atomic mass is 16.5. The SMILES string of the molecule is Cc1cccc(C[C@H]2CCN(C(=O)/C=C/CN3CCOCC3)C[C@H]2O)c1. The normalized spacial score (nSPS) is 24.9. The Morgan fingerprint density at radius 1 is 1.31 bits per heavy atom. The minimum Gasteiger partial charge on any atom is -0.391 e. The summed E-state index contributed by atoms with van der Waals surface area (Å²) in [5.74, 6) is 0.226. The minimum absolute atomic E-state index is 0.00585. The summed E-state index contributed by atoms with van der Waals surface area (Å²) in [6, 6.07) is 8.45. The smallest absolute Gasteiger partial charge is 0.246 e. The van der Waals surface area contributed by atoms with Gasteiger partial charge in [0.15, 0.2) is 0 Å². The number of β-amino-alcohol motifs (C(OH)–C–C–N with tert-alkyl or cyclic N) is 1. The molecule has 1 aromatic carbocycles. The maximum atomic E-state index is 12.4. The summed E-state index contributed by atoms with van der Waals surface area (Å²) in [6.07, 6.45) is 4.85. The topological polar surface area (TPSA) is 53.0 Å². The number of rotatable bonds is 5. The standard InChI is InChI=1S/C21H30N2O3/c1-17-4-2-5-18(14-17)15-19-7-9-23(16-20(19)24)21(25)6-3-8-22-10-12-26-13-11-22/h2-6,14,19-20,24H,7-13,15-16H2,1H3/b6-3+/t19-,20-/m1/s1. The van der Waals surface area contributed by atoms with Crippen LogP contribution in [0.2, 0.25) is 0 Å². The number of morpholine rings is 1. The van der Waals surface area contributed by atoms with Crippen LogP contribution in [0.5, 0.6) is 0 Å². The fraction of sp³-hybridized carbons (Fsp3) is 0.571. The summed E-state index contributed by atoms with van der Waals surface area (Å²) < 4.78 is 5.32. The van der Waals surface area contributed by atoms with Gasteiger partial charge in [0, 0.05) is 38.8 Å². The summed E-state index contributed by atoms with van der Waals surface area (Å²) >= 11 is 0. The average Bonchev–Trinajstić information content (AvgIpc) is 2.64. The van der Waals surface area contributed by atoms with Crippen LogP contribution in [0.3, 0.4) is 0 Å². The minimum atomic E-state index is -0.458. The van der Waals surface area contributed by atoms with Gasteiger partial charge in [0.05, 0.1) is 19.3 Å². The van der Waals surface area contributed by atoms with Crippen LogP contribution in [0.15, 0.2) is 36.4 Å². The number of ether oxygens (including phenoxy) is 1. The highest BCUT2D eigenvalue weighted by Gasteiger charge is 2.29. The quantitative estimate of drug-likeness (QED) is 0.813. The molecule has 0 spiro atoms. The van der Waals surface area contributed by atoms with E-state index in [1.54, 1.807) is 11.0 Å². The Hall–Kier alpha value is -1.69. The molecule has 0 aromatic heterocycles. The molecule has 0 unspecified atom stereocenters. The summed E-state index contributed by atoms with van der Waals surface area (Å²) in [5, 5.41) is 10.5. The van der Waals surface area contributed by atoms with Crippen molar-refractivity contribution in [2.24, 2.45) is 5.92 Å². The second kappa shape index (κ2) is 9.31. The molecule has 142 valence electrons. The molecule has 1 amide bonds. The molecule has 2 atom stereocenters. The zero-order valence-electron chi connectivity index (χ0n) is 15.6. The third kappa shape index (κ3) is 5.40. The summed E-state index contributed by atoms with van der Waals surface area (Å²) in [5.41, 5.74) is 2.51. The van der Waals surface area contributed by atoms with Crippen molar-refractivity contribution in [3.8, 4) is 0 Å². The number of aliphatic hydroxyl groups excluding tert-OH is 1. The fourth-order valence-electron chi connectivity index (χ4n) is 3.75. The Balaban J connectivity index is 1.45. The molecule has 0 bridgehead atoms. The molecular weight excluding hydrogens is 328 g/mol. The van der Waals surface area contributed by atoms with E-state index in [-0.39, 0.29) is 11.8 Å². The number of likely N-dealkylation sites (tertiary alicyclic amines) is 1. The van der Waals surface area contributed by atoms with Crippen LogP contribution >= 0.6 is 0 Å². The van der Waals surface area contributed by atoms with E-state index in [1.807, 2.05) is 6.08 Å². The van der Waals surface area contributed by atoms with Gasteiger partial charge in [-0.2, -0.15) is 0 Å². The van der Waals surface area contributed by atoms with E-state index < -0.39 is 6.10 Å². The van der Waals surface area contributed by atoms with Crippen LogP contribution in [0.4, 0.5) is 0 Å². The highest BCUT2D eigenvalue weighted by molar-refractivity contribution is 5.87. The first-order valence-corrected chi connectivity index (χ1v) is 9.61. The second-order valence-electron chi connectivity index (χ2n) is 7.41. The summed E-state index contributed by atoms with van der Waals surface area (Å²) in [4.78, 5) is 16.4. The van der Waals surface area contributed by atoms with E-state index in [4.69, 9.17) is 4.74 Å². The number of carbonyl (C=O) groups excluding carboxylic acids is 1. The van der Waals surface area contributed by atoms with E-state index in [0.717, 1.165) is 45.7 Å². The molecule has 3 rings (SSSR count). The molecule has 2 heterocycles. The van der Waals surface area contributed by atoms with Gasteiger partial charge >= 0.3 is 0 Å². The van der Waals surface area contributed by atoms with Gasteiger partial charge in [-0.05, 0) is 31.2 Å². The van der Waals surface area contributed by atoms with Gasteiger partial charge in [-0.25, -0.2) is 0 Å². The number of nitrogens with zero attached hydrogens (tertiary/aromatic N) is 2. The Labute approximate surface area is 156 Å². The van der Waals surface area contributed by atoms with Crippen LogP contribution in [-0.4, -0.2) is 72.9 Å². The van der Waals surface area contributed by atoms with Crippen LogP contribution in [0.1, 0.15) is 17.5 Å². The molecule has 2 fully saturated rings. The Kier molecular flexibility index (Phi) is 6.83. The first-order valence-electron chi connectivity index (χ1n) is 9.61. The number of piperidine rings is 1. The first-order chi connectivity index (χ1) is 12.6. The van der Waals surface area contributed by atoms with Gasteiger partial charge in [-0.1, -0.05) is 35.9 Å². The maximum absolute atomic E-state index is 12.4. The van der Waals surface area contributed by atoms with Crippen molar-refractivity contribution >= 4 is 5.91 Å². The lowest BCUT2D eigenvalue weighted by Gasteiger charge is -2.35. The zero-order valence-corrected chi connectivity index (χ0v) is 15.6. The molecule has 1 aromatic rings.